The summed E-state index contributed by atoms with van der Waals surface area (Å²) in [5, 5.41) is 6.73. The number of piperidine rings is 1. The van der Waals surface area contributed by atoms with Gasteiger partial charge in [-0.2, -0.15) is 0 Å². The molecule has 2 saturated heterocycles. The minimum atomic E-state index is 0.542. The van der Waals surface area contributed by atoms with E-state index in [2.05, 4.69) is 26.6 Å². The normalized spacial score (nSPS) is 27.8. The molecule has 4 nitrogen and oxygen atoms in total. The Labute approximate surface area is 115 Å². The first-order chi connectivity index (χ1) is 9.31. The van der Waals surface area contributed by atoms with Crippen LogP contribution in [-0.2, 0) is 6.54 Å². The van der Waals surface area contributed by atoms with Gasteiger partial charge in [0.25, 0.3) is 0 Å². The molecule has 0 bridgehead atoms. The third-order valence-electron chi connectivity index (χ3n) is 4.59. The van der Waals surface area contributed by atoms with Gasteiger partial charge in [-0.25, -0.2) is 4.98 Å². The van der Waals surface area contributed by atoms with E-state index in [1.807, 2.05) is 19.3 Å². The van der Waals surface area contributed by atoms with Crippen LogP contribution < -0.4 is 10.6 Å². The van der Waals surface area contributed by atoms with Crippen LogP contribution in [0.4, 0.5) is 5.82 Å². The van der Waals surface area contributed by atoms with Crippen LogP contribution in [0.5, 0.6) is 0 Å². The van der Waals surface area contributed by atoms with Gasteiger partial charge in [-0.3, -0.25) is 4.90 Å². The standard InChI is InChI=1S/C15H24N4/c1-16-14-13(4-2-7-18-14)10-19-9-3-5-15(12-19)6-8-17-11-15/h2,4,7,17H,3,5-6,8-12H2,1H3,(H,16,18). The van der Waals surface area contributed by atoms with Gasteiger partial charge in [0.1, 0.15) is 5.82 Å². The van der Waals surface area contributed by atoms with E-state index in [0.717, 1.165) is 12.4 Å². The highest BCUT2D eigenvalue weighted by Crippen LogP contribution is 2.36. The van der Waals surface area contributed by atoms with Gasteiger partial charge < -0.3 is 10.6 Å². The largest absolute Gasteiger partial charge is 0.373 e. The maximum Gasteiger partial charge on any atom is 0.130 e. The van der Waals surface area contributed by atoms with E-state index in [4.69, 9.17) is 0 Å². The molecule has 0 saturated carbocycles. The number of nitrogens with zero attached hydrogens (tertiary/aromatic N) is 2. The Bertz CT molecular complexity index is 426. The molecule has 0 amide bonds. The SMILES string of the molecule is CNc1ncccc1CN1CCCC2(CCNC2)C1. The molecular weight excluding hydrogens is 236 g/mol. The maximum absolute atomic E-state index is 4.40. The van der Waals surface area contributed by atoms with Crippen LogP contribution in [0.15, 0.2) is 18.3 Å². The summed E-state index contributed by atoms with van der Waals surface area (Å²) in [7, 11) is 1.95. The van der Waals surface area contributed by atoms with Crippen molar-refractivity contribution >= 4 is 5.82 Å². The molecular formula is C15H24N4. The topological polar surface area (TPSA) is 40.2 Å². The number of hydrogen-bond donors (Lipinski definition) is 2. The molecule has 104 valence electrons. The Balaban J connectivity index is 1.69. The van der Waals surface area contributed by atoms with Crippen LogP contribution in [0.2, 0.25) is 0 Å². The van der Waals surface area contributed by atoms with Crippen molar-refractivity contribution in [2.24, 2.45) is 5.41 Å². The van der Waals surface area contributed by atoms with Crippen molar-refractivity contribution in [2.45, 2.75) is 25.8 Å². The lowest BCUT2D eigenvalue weighted by Crippen LogP contribution is -2.44. The smallest absolute Gasteiger partial charge is 0.130 e. The Morgan fingerprint density at radius 2 is 2.42 bits per heavy atom. The van der Waals surface area contributed by atoms with Crippen molar-refractivity contribution in [2.75, 3.05) is 38.5 Å². The zero-order chi connectivity index (χ0) is 13.1. The molecule has 4 heteroatoms. The van der Waals surface area contributed by atoms with E-state index in [9.17, 15) is 0 Å². The maximum atomic E-state index is 4.40. The highest BCUT2D eigenvalue weighted by atomic mass is 15.2. The van der Waals surface area contributed by atoms with Gasteiger partial charge in [-0.05, 0) is 43.8 Å². The first-order valence-corrected chi connectivity index (χ1v) is 7.36. The second-order valence-electron chi connectivity index (χ2n) is 6.00. The van der Waals surface area contributed by atoms with E-state index >= 15 is 0 Å². The van der Waals surface area contributed by atoms with E-state index < -0.39 is 0 Å². The van der Waals surface area contributed by atoms with E-state index in [-0.39, 0.29) is 0 Å². The quantitative estimate of drug-likeness (QED) is 0.868. The first kappa shape index (κ1) is 12.9. The highest BCUT2D eigenvalue weighted by Gasteiger charge is 2.37. The Kier molecular flexibility index (Phi) is 3.71. The van der Waals surface area contributed by atoms with Gasteiger partial charge in [-0.1, -0.05) is 6.07 Å². The van der Waals surface area contributed by atoms with Crippen molar-refractivity contribution in [1.82, 2.24) is 15.2 Å². The number of anilines is 1. The van der Waals surface area contributed by atoms with Crippen LogP contribution in [0.1, 0.15) is 24.8 Å². The van der Waals surface area contributed by atoms with E-state index in [1.165, 1.54) is 51.0 Å². The lowest BCUT2D eigenvalue weighted by molar-refractivity contribution is 0.0979. The number of hydrogen-bond acceptors (Lipinski definition) is 4. The molecule has 1 aromatic rings. The molecule has 1 atom stereocenters. The predicted octanol–water partition coefficient (Wildman–Crippen LogP) is 1.70. The third-order valence-corrected chi connectivity index (χ3v) is 4.59. The van der Waals surface area contributed by atoms with Crippen LogP contribution >= 0.6 is 0 Å². The molecule has 3 rings (SSSR count). The zero-order valence-electron chi connectivity index (χ0n) is 11.8. The van der Waals surface area contributed by atoms with Crippen molar-refractivity contribution in [3.63, 3.8) is 0 Å². The molecule has 2 fully saturated rings. The summed E-state index contributed by atoms with van der Waals surface area (Å²) in [6.07, 6.45) is 5.92. The Hall–Kier alpha value is -1.13. The summed E-state index contributed by atoms with van der Waals surface area (Å²) in [4.78, 5) is 7.01. The lowest BCUT2D eigenvalue weighted by atomic mass is 9.79. The third kappa shape index (κ3) is 2.74. The summed E-state index contributed by atoms with van der Waals surface area (Å²) < 4.78 is 0. The van der Waals surface area contributed by atoms with Crippen LogP contribution in [0, 0.1) is 5.41 Å². The predicted molar refractivity (Wildman–Crippen MR) is 78.2 cm³/mol. The number of rotatable bonds is 3. The number of nitrogens with one attached hydrogen (secondary N) is 2. The van der Waals surface area contributed by atoms with Gasteiger partial charge in [-0.15, -0.1) is 0 Å². The second kappa shape index (κ2) is 5.47. The fraction of sp³-hybridized carbons (Fsp3) is 0.667. The summed E-state index contributed by atoms with van der Waals surface area (Å²) in [5.74, 6) is 1.02. The monoisotopic (exact) mass is 260 g/mol. The molecule has 2 N–H and O–H groups in total. The Morgan fingerprint density at radius 1 is 1.47 bits per heavy atom. The van der Waals surface area contributed by atoms with Gasteiger partial charge in [0, 0.05) is 38.4 Å². The van der Waals surface area contributed by atoms with Crippen LogP contribution in [0.3, 0.4) is 0 Å². The summed E-state index contributed by atoms with van der Waals surface area (Å²) in [6.45, 7) is 5.88. The highest BCUT2D eigenvalue weighted by molar-refractivity contribution is 5.42. The van der Waals surface area contributed by atoms with Gasteiger partial charge in [0.15, 0.2) is 0 Å². The second-order valence-corrected chi connectivity index (χ2v) is 6.00. The number of aromatic nitrogens is 1. The lowest BCUT2D eigenvalue weighted by Gasteiger charge is -2.40. The van der Waals surface area contributed by atoms with Gasteiger partial charge in [0.2, 0.25) is 0 Å². The van der Waals surface area contributed by atoms with Crippen LogP contribution in [-0.4, -0.2) is 43.1 Å². The fourth-order valence-electron chi connectivity index (χ4n) is 3.62. The van der Waals surface area contributed by atoms with Crippen molar-refractivity contribution in [1.29, 1.82) is 0 Å². The molecule has 0 aliphatic carbocycles. The molecule has 3 heterocycles. The summed E-state index contributed by atoms with van der Waals surface area (Å²) in [5.41, 5.74) is 1.85. The molecule has 2 aliphatic heterocycles. The average molecular weight is 260 g/mol. The van der Waals surface area contributed by atoms with Gasteiger partial charge in [0.05, 0.1) is 0 Å². The number of pyridine rings is 1. The molecule has 1 spiro atoms. The molecule has 0 radical (unpaired) electrons. The average Bonchev–Trinajstić information content (AvgIpc) is 2.87. The first-order valence-electron chi connectivity index (χ1n) is 7.36. The van der Waals surface area contributed by atoms with Gasteiger partial charge >= 0.3 is 0 Å². The molecule has 0 aromatic carbocycles. The van der Waals surface area contributed by atoms with Crippen molar-refractivity contribution in [3.05, 3.63) is 23.9 Å². The molecule has 1 unspecified atom stereocenters. The van der Waals surface area contributed by atoms with Crippen LogP contribution in [0.25, 0.3) is 0 Å². The van der Waals surface area contributed by atoms with E-state index in [0.29, 0.717) is 5.41 Å². The molecule has 19 heavy (non-hydrogen) atoms. The minimum Gasteiger partial charge on any atom is -0.373 e. The molecule has 2 aliphatic rings. The van der Waals surface area contributed by atoms with Crippen molar-refractivity contribution < 1.29 is 0 Å². The molecule has 1 aromatic heterocycles. The fourth-order valence-corrected chi connectivity index (χ4v) is 3.62. The zero-order valence-corrected chi connectivity index (χ0v) is 11.8. The summed E-state index contributed by atoms with van der Waals surface area (Å²) >= 11 is 0. The number of likely N-dealkylation sites (tertiary alicyclic amines) is 1. The Morgan fingerprint density at radius 3 is 3.21 bits per heavy atom. The minimum absolute atomic E-state index is 0.542. The summed E-state index contributed by atoms with van der Waals surface area (Å²) in [6, 6.07) is 4.22. The van der Waals surface area contributed by atoms with E-state index in [1.54, 1.807) is 0 Å². The van der Waals surface area contributed by atoms with Crippen molar-refractivity contribution in [3.8, 4) is 0 Å².